The van der Waals surface area contributed by atoms with Gasteiger partial charge in [-0.3, -0.25) is 9.36 Å². The summed E-state index contributed by atoms with van der Waals surface area (Å²) < 4.78 is 9.01. The Morgan fingerprint density at radius 1 is 1.27 bits per heavy atom. The second-order valence-electron chi connectivity index (χ2n) is 5.57. The lowest BCUT2D eigenvalue weighted by Gasteiger charge is -2.12. The Bertz CT molecular complexity index is 908. The third-order valence-corrected chi connectivity index (χ3v) is 5.14. The van der Waals surface area contributed by atoms with Crippen molar-refractivity contribution in [1.82, 2.24) is 19.7 Å². The van der Waals surface area contributed by atoms with Gasteiger partial charge in [-0.05, 0) is 70.0 Å². The summed E-state index contributed by atoms with van der Waals surface area (Å²) >= 11 is 7.92. The lowest BCUT2D eigenvalue weighted by Crippen LogP contribution is -2.15. The second kappa shape index (κ2) is 8.36. The summed E-state index contributed by atoms with van der Waals surface area (Å²) in [6, 6.07) is 7.30. The lowest BCUT2D eigenvalue weighted by atomic mass is 10.3. The van der Waals surface area contributed by atoms with Crippen LogP contribution in [0.3, 0.4) is 0 Å². The highest BCUT2D eigenvalue weighted by molar-refractivity contribution is 9.10. The van der Waals surface area contributed by atoms with E-state index in [1.807, 2.05) is 30.5 Å². The Morgan fingerprint density at radius 2 is 2.08 bits per heavy atom. The van der Waals surface area contributed by atoms with Gasteiger partial charge in [-0.2, -0.15) is 0 Å². The highest BCUT2D eigenvalue weighted by Crippen LogP contribution is 2.30. The molecule has 0 aliphatic carbocycles. The molecule has 1 N–H and O–H groups in total. The summed E-state index contributed by atoms with van der Waals surface area (Å²) in [6.45, 7) is 4.06. The van der Waals surface area contributed by atoms with Gasteiger partial charge in [0.15, 0.2) is 15.6 Å². The van der Waals surface area contributed by atoms with E-state index in [1.54, 1.807) is 18.3 Å². The van der Waals surface area contributed by atoms with Crippen LogP contribution in [0.2, 0.25) is 0 Å². The lowest BCUT2D eigenvalue weighted by molar-refractivity contribution is -0.113. The third-order valence-electron chi connectivity index (χ3n) is 3.30. The van der Waals surface area contributed by atoms with Gasteiger partial charge in [-0.1, -0.05) is 11.8 Å². The van der Waals surface area contributed by atoms with Crippen LogP contribution in [-0.2, 0) is 4.79 Å². The number of rotatable bonds is 6. The van der Waals surface area contributed by atoms with Crippen molar-refractivity contribution in [3.8, 4) is 11.6 Å². The number of nitrogens with zero attached hydrogens (tertiary/aromatic N) is 4. The molecule has 0 aromatic carbocycles. The molecule has 0 unspecified atom stereocenters. The molecule has 0 spiro atoms. The maximum absolute atomic E-state index is 12.2. The van der Waals surface area contributed by atoms with Crippen molar-refractivity contribution >= 4 is 55.3 Å². The number of hydrogen-bond acceptors (Lipinski definition) is 6. The van der Waals surface area contributed by atoms with Crippen molar-refractivity contribution < 1.29 is 9.21 Å². The fourth-order valence-corrected chi connectivity index (χ4v) is 3.61. The van der Waals surface area contributed by atoms with E-state index in [1.165, 1.54) is 11.8 Å². The number of furan rings is 1. The zero-order valence-electron chi connectivity index (χ0n) is 13.9. The maximum atomic E-state index is 12.2. The molecule has 3 aromatic heterocycles. The average molecular weight is 501 g/mol. The summed E-state index contributed by atoms with van der Waals surface area (Å²) in [5.41, 5.74) is 0. The summed E-state index contributed by atoms with van der Waals surface area (Å²) in [4.78, 5) is 16.3. The molecule has 0 atom stereocenters. The van der Waals surface area contributed by atoms with Gasteiger partial charge < -0.3 is 9.73 Å². The predicted molar refractivity (Wildman–Crippen MR) is 107 cm³/mol. The molecule has 0 fully saturated rings. The predicted octanol–water partition coefficient (Wildman–Crippen LogP) is 4.77. The number of pyridine rings is 1. The molecule has 7 nitrogen and oxygen atoms in total. The molecule has 0 saturated heterocycles. The molecule has 10 heteroatoms. The smallest absolute Gasteiger partial charge is 0.236 e. The number of amides is 1. The molecule has 3 aromatic rings. The largest absolute Gasteiger partial charge is 0.446 e. The molecule has 26 heavy (non-hydrogen) atoms. The minimum atomic E-state index is -0.162. The number of hydrogen-bond donors (Lipinski definition) is 1. The Morgan fingerprint density at radius 3 is 2.69 bits per heavy atom. The summed E-state index contributed by atoms with van der Waals surface area (Å²) in [5, 5.41) is 11.8. The first kappa shape index (κ1) is 19.1. The average Bonchev–Trinajstić information content (AvgIpc) is 3.21. The van der Waals surface area contributed by atoms with Gasteiger partial charge in [0.25, 0.3) is 0 Å². The van der Waals surface area contributed by atoms with Crippen molar-refractivity contribution in [2.24, 2.45) is 0 Å². The molecule has 0 saturated carbocycles. The van der Waals surface area contributed by atoms with E-state index in [2.05, 4.69) is 52.4 Å². The fraction of sp³-hybridized carbons (Fsp3) is 0.250. The molecular formula is C16H15Br2N5O2S. The minimum Gasteiger partial charge on any atom is -0.446 e. The molecule has 3 rings (SSSR count). The fourth-order valence-electron chi connectivity index (χ4n) is 2.20. The quantitative estimate of drug-likeness (QED) is 0.490. The molecule has 3 heterocycles. The molecule has 1 amide bonds. The van der Waals surface area contributed by atoms with Crippen molar-refractivity contribution in [2.75, 3.05) is 11.1 Å². The number of anilines is 1. The Kier molecular flexibility index (Phi) is 6.15. The zero-order chi connectivity index (χ0) is 18.7. The van der Waals surface area contributed by atoms with E-state index in [0.717, 1.165) is 4.47 Å². The number of nitrogens with one attached hydrogen (secondary N) is 1. The van der Waals surface area contributed by atoms with Gasteiger partial charge in [-0.15, -0.1) is 10.2 Å². The molecule has 136 valence electrons. The van der Waals surface area contributed by atoms with E-state index >= 15 is 0 Å². The molecule has 0 aliphatic heterocycles. The summed E-state index contributed by atoms with van der Waals surface area (Å²) in [5.74, 6) is 1.79. The first-order chi connectivity index (χ1) is 12.4. The number of halogens is 2. The van der Waals surface area contributed by atoms with Gasteiger partial charge in [0.05, 0.1) is 5.75 Å². The van der Waals surface area contributed by atoms with Crippen LogP contribution in [0.4, 0.5) is 5.82 Å². The van der Waals surface area contributed by atoms with E-state index in [-0.39, 0.29) is 17.7 Å². The maximum Gasteiger partial charge on any atom is 0.236 e. The van der Waals surface area contributed by atoms with Crippen molar-refractivity contribution in [1.29, 1.82) is 0 Å². The third kappa shape index (κ3) is 4.54. The van der Waals surface area contributed by atoms with Gasteiger partial charge in [0.1, 0.15) is 5.82 Å². The van der Waals surface area contributed by atoms with Crippen LogP contribution in [0.1, 0.15) is 19.9 Å². The topological polar surface area (TPSA) is 85.8 Å². The summed E-state index contributed by atoms with van der Waals surface area (Å²) in [7, 11) is 0. The van der Waals surface area contributed by atoms with Crippen LogP contribution in [0.15, 0.2) is 49.2 Å². The van der Waals surface area contributed by atoms with Crippen LogP contribution in [-0.4, -0.2) is 31.4 Å². The van der Waals surface area contributed by atoms with Crippen LogP contribution in [0, 0.1) is 0 Å². The highest BCUT2D eigenvalue weighted by atomic mass is 79.9. The molecule has 0 aliphatic rings. The summed E-state index contributed by atoms with van der Waals surface area (Å²) in [6.07, 6.45) is 1.63. The Labute approximate surface area is 171 Å². The highest BCUT2D eigenvalue weighted by Gasteiger charge is 2.20. The number of carbonyl (C=O) groups excluding carboxylic acids is 1. The molecular weight excluding hydrogens is 486 g/mol. The number of thioether (sulfide) groups is 1. The standard InChI is InChI=1S/C16H15Br2N5O2S/c1-9(2)23-15(11-4-5-12(18)25-11)21-22-16(23)26-8-14(24)20-13-6-3-10(17)7-19-13/h3-7,9H,8H2,1-2H3,(H,19,20,24). The Balaban J connectivity index is 1.70. The Hall–Kier alpha value is -1.65. The monoisotopic (exact) mass is 499 g/mol. The molecule has 0 bridgehead atoms. The van der Waals surface area contributed by atoms with E-state index in [0.29, 0.717) is 27.2 Å². The van der Waals surface area contributed by atoms with Gasteiger partial charge in [-0.25, -0.2) is 4.98 Å². The first-order valence-electron chi connectivity index (χ1n) is 7.69. The van der Waals surface area contributed by atoms with Crippen LogP contribution >= 0.6 is 43.6 Å². The van der Waals surface area contributed by atoms with Gasteiger partial charge in [0.2, 0.25) is 11.7 Å². The van der Waals surface area contributed by atoms with Gasteiger partial charge in [0, 0.05) is 16.7 Å². The zero-order valence-corrected chi connectivity index (χ0v) is 17.9. The number of carbonyl (C=O) groups is 1. The second-order valence-corrected chi connectivity index (χ2v) is 8.21. The normalized spacial score (nSPS) is 11.1. The van der Waals surface area contributed by atoms with E-state index < -0.39 is 0 Å². The number of aromatic nitrogens is 4. The van der Waals surface area contributed by atoms with Crippen molar-refractivity contribution in [2.45, 2.75) is 25.0 Å². The molecule has 0 radical (unpaired) electrons. The first-order valence-corrected chi connectivity index (χ1v) is 10.3. The van der Waals surface area contributed by atoms with E-state index in [4.69, 9.17) is 4.42 Å². The van der Waals surface area contributed by atoms with Crippen molar-refractivity contribution in [3.05, 3.63) is 39.6 Å². The van der Waals surface area contributed by atoms with Crippen LogP contribution in [0.25, 0.3) is 11.6 Å². The van der Waals surface area contributed by atoms with Crippen LogP contribution in [0.5, 0.6) is 0 Å². The van der Waals surface area contributed by atoms with E-state index in [9.17, 15) is 4.79 Å². The van der Waals surface area contributed by atoms with Crippen LogP contribution < -0.4 is 5.32 Å². The van der Waals surface area contributed by atoms with Crippen molar-refractivity contribution in [3.63, 3.8) is 0 Å². The minimum absolute atomic E-state index is 0.113. The van der Waals surface area contributed by atoms with Gasteiger partial charge >= 0.3 is 0 Å². The SMILES string of the molecule is CC(C)n1c(SCC(=O)Nc2ccc(Br)cn2)nnc1-c1ccc(Br)o1.